The summed E-state index contributed by atoms with van der Waals surface area (Å²) >= 11 is 12.1. The second-order valence-electron chi connectivity index (χ2n) is 6.33. The van der Waals surface area contributed by atoms with Crippen molar-refractivity contribution in [2.45, 2.75) is 32.9 Å². The molecule has 0 aliphatic heterocycles. The highest BCUT2D eigenvalue weighted by Crippen LogP contribution is 2.24. The first-order valence-corrected chi connectivity index (χ1v) is 10.0. The minimum absolute atomic E-state index is 0.165. The van der Waals surface area contributed by atoms with Gasteiger partial charge in [0, 0.05) is 13.1 Å². The first kappa shape index (κ1) is 23.0. The Morgan fingerprint density at radius 3 is 2.38 bits per heavy atom. The number of hydrogen-bond acceptors (Lipinski definition) is 3. The van der Waals surface area contributed by atoms with E-state index in [4.69, 9.17) is 27.9 Å². The van der Waals surface area contributed by atoms with Crippen molar-refractivity contribution in [2.75, 3.05) is 13.2 Å². The van der Waals surface area contributed by atoms with Gasteiger partial charge >= 0.3 is 0 Å². The molecule has 156 valence electrons. The highest BCUT2D eigenvalue weighted by molar-refractivity contribution is 6.42. The molecule has 29 heavy (non-hydrogen) atoms. The maximum absolute atomic E-state index is 13.0. The summed E-state index contributed by atoms with van der Waals surface area (Å²) in [5.41, 5.74) is 0.734. The van der Waals surface area contributed by atoms with E-state index >= 15 is 0 Å². The quantitative estimate of drug-likeness (QED) is 0.626. The molecule has 0 aliphatic carbocycles. The van der Waals surface area contributed by atoms with Gasteiger partial charge in [0.25, 0.3) is 5.91 Å². The Kier molecular flexibility index (Phi) is 8.73. The predicted octanol–water partition coefficient (Wildman–Crippen LogP) is 4.45. The molecule has 1 N–H and O–H groups in total. The summed E-state index contributed by atoms with van der Waals surface area (Å²) < 4.78 is 18.5. The van der Waals surface area contributed by atoms with Crippen LogP contribution >= 0.6 is 23.2 Å². The highest BCUT2D eigenvalue weighted by Gasteiger charge is 2.28. The molecule has 2 aromatic rings. The standard InChI is InChI=1S/C21H23Cl2FN2O3/c1-3-19(21(28)25-4-2)26(12-14-5-10-17(22)18(23)11-14)20(27)13-29-16-8-6-15(24)7-9-16/h5-11,19H,3-4,12-13H2,1-2H3,(H,25,28)/t19-/m1/s1. The molecule has 0 aliphatic rings. The molecule has 0 saturated heterocycles. The summed E-state index contributed by atoms with van der Waals surface area (Å²) in [6.07, 6.45) is 0.426. The molecule has 0 bridgehead atoms. The minimum Gasteiger partial charge on any atom is -0.484 e. The highest BCUT2D eigenvalue weighted by atomic mass is 35.5. The Labute approximate surface area is 179 Å². The second-order valence-corrected chi connectivity index (χ2v) is 7.15. The third-order valence-electron chi connectivity index (χ3n) is 4.25. The van der Waals surface area contributed by atoms with Crippen LogP contribution in [0.4, 0.5) is 4.39 Å². The average molecular weight is 441 g/mol. The monoisotopic (exact) mass is 440 g/mol. The Morgan fingerprint density at radius 1 is 1.10 bits per heavy atom. The van der Waals surface area contributed by atoms with E-state index in [0.717, 1.165) is 5.56 Å². The number of rotatable bonds is 9. The Morgan fingerprint density at radius 2 is 1.79 bits per heavy atom. The van der Waals surface area contributed by atoms with E-state index in [1.165, 1.54) is 29.2 Å². The van der Waals surface area contributed by atoms with Gasteiger partial charge in [0.15, 0.2) is 6.61 Å². The molecule has 5 nitrogen and oxygen atoms in total. The van der Waals surface area contributed by atoms with Gasteiger partial charge in [-0.05, 0) is 55.3 Å². The van der Waals surface area contributed by atoms with E-state index in [0.29, 0.717) is 28.8 Å². The Balaban J connectivity index is 2.21. The molecule has 1 atom stereocenters. The molecule has 0 fully saturated rings. The van der Waals surface area contributed by atoms with E-state index < -0.39 is 11.9 Å². The first-order chi connectivity index (χ1) is 13.8. The number of likely N-dealkylation sites (N-methyl/N-ethyl adjacent to an activating group) is 1. The number of nitrogens with one attached hydrogen (secondary N) is 1. The van der Waals surface area contributed by atoms with Crippen LogP contribution in [-0.2, 0) is 16.1 Å². The van der Waals surface area contributed by atoms with Gasteiger partial charge in [-0.3, -0.25) is 9.59 Å². The van der Waals surface area contributed by atoms with E-state index in [1.54, 1.807) is 18.2 Å². The number of amides is 2. The van der Waals surface area contributed by atoms with Crippen molar-refractivity contribution in [1.82, 2.24) is 10.2 Å². The van der Waals surface area contributed by atoms with Crippen LogP contribution in [0.1, 0.15) is 25.8 Å². The maximum atomic E-state index is 13.0. The van der Waals surface area contributed by atoms with Gasteiger partial charge in [-0.25, -0.2) is 4.39 Å². The number of carbonyl (C=O) groups is 2. The van der Waals surface area contributed by atoms with E-state index in [9.17, 15) is 14.0 Å². The normalized spacial score (nSPS) is 11.6. The lowest BCUT2D eigenvalue weighted by molar-refractivity contribution is -0.142. The van der Waals surface area contributed by atoms with Gasteiger partial charge in [-0.15, -0.1) is 0 Å². The van der Waals surface area contributed by atoms with Crippen molar-refractivity contribution in [2.24, 2.45) is 0 Å². The third kappa shape index (κ3) is 6.61. The lowest BCUT2D eigenvalue weighted by Crippen LogP contribution is -2.50. The fourth-order valence-electron chi connectivity index (χ4n) is 2.81. The smallest absolute Gasteiger partial charge is 0.261 e. The van der Waals surface area contributed by atoms with Gasteiger partial charge in [-0.1, -0.05) is 36.2 Å². The SMILES string of the molecule is CCNC(=O)[C@@H](CC)N(Cc1ccc(Cl)c(Cl)c1)C(=O)COc1ccc(F)cc1. The van der Waals surface area contributed by atoms with Crippen LogP contribution in [0.2, 0.25) is 10.0 Å². The van der Waals surface area contributed by atoms with Crippen LogP contribution in [0.5, 0.6) is 5.75 Å². The topological polar surface area (TPSA) is 58.6 Å². The molecule has 0 unspecified atom stereocenters. The maximum Gasteiger partial charge on any atom is 0.261 e. The molecule has 0 spiro atoms. The Bertz CT molecular complexity index is 846. The molecule has 8 heteroatoms. The lowest BCUT2D eigenvalue weighted by atomic mass is 10.1. The zero-order chi connectivity index (χ0) is 21.4. The summed E-state index contributed by atoms with van der Waals surface area (Å²) in [6.45, 7) is 3.97. The van der Waals surface area contributed by atoms with Crippen molar-refractivity contribution >= 4 is 35.0 Å². The summed E-state index contributed by atoms with van der Waals surface area (Å²) in [6, 6.07) is 9.75. The number of halogens is 3. The zero-order valence-corrected chi connectivity index (χ0v) is 17.8. The number of carbonyl (C=O) groups excluding carboxylic acids is 2. The fourth-order valence-corrected chi connectivity index (χ4v) is 3.13. The first-order valence-electron chi connectivity index (χ1n) is 9.25. The van der Waals surface area contributed by atoms with Gasteiger partial charge < -0.3 is 15.0 Å². The summed E-state index contributed by atoms with van der Waals surface area (Å²) in [5, 5.41) is 3.53. The van der Waals surface area contributed by atoms with Crippen molar-refractivity contribution < 1.29 is 18.7 Å². The van der Waals surface area contributed by atoms with Crippen LogP contribution in [0.25, 0.3) is 0 Å². The minimum atomic E-state index is -0.672. The molecular formula is C21H23Cl2FN2O3. The molecule has 0 radical (unpaired) electrons. The summed E-state index contributed by atoms with van der Waals surface area (Å²) in [7, 11) is 0. The van der Waals surface area contributed by atoms with E-state index in [2.05, 4.69) is 5.32 Å². The summed E-state index contributed by atoms with van der Waals surface area (Å²) in [4.78, 5) is 26.9. The lowest BCUT2D eigenvalue weighted by Gasteiger charge is -2.30. The van der Waals surface area contributed by atoms with Gasteiger partial charge in [-0.2, -0.15) is 0 Å². The largest absolute Gasteiger partial charge is 0.484 e. The number of hydrogen-bond donors (Lipinski definition) is 1. The van der Waals surface area contributed by atoms with Crippen LogP contribution < -0.4 is 10.1 Å². The fraction of sp³-hybridized carbons (Fsp3) is 0.333. The van der Waals surface area contributed by atoms with E-state index in [-0.39, 0.29) is 25.0 Å². The molecule has 2 amide bonds. The van der Waals surface area contributed by atoms with Crippen LogP contribution in [0.15, 0.2) is 42.5 Å². The molecule has 0 heterocycles. The zero-order valence-electron chi connectivity index (χ0n) is 16.3. The van der Waals surface area contributed by atoms with Crippen LogP contribution in [0.3, 0.4) is 0 Å². The van der Waals surface area contributed by atoms with Crippen LogP contribution in [0, 0.1) is 5.82 Å². The van der Waals surface area contributed by atoms with Crippen molar-refractivity contribution in [3.63, 3.8) is 0 Å². The van der Waals surface area contributed by atoms with Gasteiger partial charge in [0.1, 0.15) is 17.6 Å². The van der Waals surface area contributed by atoms with Gasteiger partial charge in [0.2, 0.25) is 5.91 Å². The third-order valence-corrected chi connectivity index (χ3v) is 4.99. The second kappa shape index (κ2) is 11.0. The number of ether oxygens (including phenoxy) is 1. The van der Waals surface area contributed by atoms with Gasteiger partial charge in [0.05, 0.1) is 10.0 Å². The van der Waals surface area contributed by atoms with Crippen molar-refractivity contribution in [1.29, 1.82) is 0 Å². The summed E-state index contributed by atoms with van der Waals surface area (Å²) in [5.74, 6) is -0.656. The molecule has 2 aromatic carbocycles. The molecule has 0 aromatic heterocycles. The number of nitrogens with zero attached hydrogens (tertiary/aromatic N) is 1. The van der Waals surface area contributed by atoms with E-state index in [1.807, 2.05) is 13.8 Å². The van der Waals surface area contributed by atoms with Crippen LogP contribution in [-0.4, -0.2) is 35.9 Å². The molecule has 2 rings (SSSR count). The predicted molar refractivity (Wildman–Crippen MR) is 112 cm³/mol. The molecule has 0 saturated carbocycles. The average Bonchev–Trinajstić information content (AvgIpc) is 2.70. The Hall–Kier alpha value is -2.31. The van der Waals surface area contributed by atoms with Crippen molar-refractivity contribution in [3.05, 3.63) is 63.9 Å². The van der Waals surface area contributed by atoms with Crippen molar-refractivity contribution in [3.8, 4) is 5.75 Å². The molecular weight excluding hydrogens is 418 g/mol. The number of benzene rings is 2.